The highest BCUT2D eigenvalue weighted by Crippen LogP contribution is 2.34. The fourth-order valence-corrected chi connectivity index (χ4v) is 3.75. The van der Waals surface area contributed by atoms with Crippen molar-refractivity contribution in [3.05, 3.63) is 34.3 Å². The minimum Gasteiger partial charge on any atom is -0.444 e. The molecule has 4 nitrogen and oxygen atoms in total. The highest BCUT2D eigenvalue weighted by atomic mass is 35.5. The van der Waals surface area contributed by atoms with Crippen LogP contribution in [0.15, 0.2) is 18.2 Å². The number of nitrogens with zero attached hydrogens (tertiary/aromatic N) is 1. The molecule has 0 aromatic heterocycles. The van der Waals surface area contributed by atoms with Crippen LogP contribution in [0.4, 0.5) is 4.79 Å². The van der Waals surface area contributed by atoms with Crippen LogP contribution in [0.3, 0.4) is 0 Å². The van der Waals surface area contributed by atoms with Crippen molar-refractivity contribution in [3.63, 3.8) is 0 Å². The summed E-state index contributed by atoms with van der Waals surface area (Å²) in [5.74, 6) is 0. The second kappa shape index (κ2) is 8.97. The number of ether oxygens (including phenoxy) is 1. The summed E-state index contributed by atoms with van der Waals surface area (Å²) >= 11 is 6.48. The Morgan fingerprint density at radius 1 is 1.11 bits per heavy atom. The van der Waals surface area contributed by atoms with Crippen molar-refractivity contribution >= 4 is 27.5 Å². The molecule has 0 bridgehead atoms. The zero-order chi connectivity index (χ0) is 21.0. The first-order chi connectivity index (χ1) is 12.1. The first kappa shape index (κ1) is 24.0. The lowest BCUT2D eigenvalue weighted by Crippen LogP contribution is -2.36. The van der Waals surface area contributed by atoms with Gasteiger partial charge in [-0.2, -0.15) is 0 Å². The third-order valence-electron chi connectivity index (χ3n) is 3.95. The maximum Gasteiger partial charge on any atom is 0.410 e. The van der Waals surface area contributed by atoms with Crippen LogP contribution < -0.4 is 0 Å². The van der Waals surface area contributed by atoms with Gasteiger partial charge >= 0.3 is 6.09 Å². The van der Waals surface area contributed by atoms with Crippen LogP contribution in [0.25, 0.3) is 0 Å². The molecule has 0 fully saturated rings. The standard InChI is InChI=1S/C21H36ClNO3Si/c1-10-23(18(24)25-19(2,3)4)14-15-11-12-17(22)16(13-15)21(8,9)26-27-20(5,6)7/h11-13H,10,14,27H2,1-9H3. The fraction of sp³-hybridized carbons (Fsp3) is 0.667. The van der Waals surface area contributed by atoms with Gasteiger partial charge in [0.15, 0.2) is 9.76 Å². The van der Waals surface area contributed by atoms with Gasteiger partial charge in [0.2, 0.25) is 0 Å². The maximum absolute atomic E-state index is 12.4. The number of benzene rings is 1. The number of carbonyl (C=O) groups is 1. The Bertz CT molecular complexity index is 648. The van der Waals surface area contributed by atoms with E-state index in [4.69, 9.17) is 20.8 Å². The summed E-state index contributed by atoms with van der Waals surface area (Å²) in [5, 5.41) is 0.892. The lowest BCUT2D eigenvalue weighted by Gasteiger charge is -2.32. The largest absolute Gasteiger partial charge is 0.444 e. The van der Waals surface area contributed by atoms with E-state index in [-0.39, 0.29) is 11.1 Å². The van der Waals surface area contributed by atoms with E-state index in [1.807, 2.05) is 45.9 Å². The lowest BCUT2D eigenvalue weighted by molar-refractivity contribution is 0.0244. The Morgan fingerprint density at radius 3 is 2.19 bits per heavy atom. The molecule has 6 heteroatoms. The molecule has 0 aliphatic rings. The molecule has 1 rings (SSSR count). The third kappa shape index (κ3) is 8.24. The van der Waals surface area contributed by atoms with E-state index in [0.29, 0.717) is 18.1 Å². The zero-order valence-electron chi connectivity index (χ0n) is 18.4. The third-order valence-corrected chi connectivity index (χ3v) is 6.01. The first-order valence-electron chi connectivity index (χ1n) is 9.55. The van der Waals surface area contributed by atoms with E-state index in [0.717, 1.165) is 11.1 Å². The summed E-state index contributed by atoms with van der Waals surface area (Å²) < 4.78 is 11.8. The summed E-state index contributed by atoms with van der Waals surface area (Å²) in [6, 6.07) is 5.89. The quantitative estimate of drug-likeness (QED) is 0.565. The van der Waals surface area contributed by atoms with E-state index in [1.165, 1.54) is 0 Å². The second-order valence-corrected chi connectivity index (χ2v) is 12.8. The average molecular weight is 414 g/mol. The molecule has 154 valence electrons. The van der Waals surface area contributed by atoms with Crippen molar-refractivity contribution in [1.29, 1.82) is 0 Å². The molecule has 0 spiro atoms. The molecule has 0 atom stereocenters. The van der Waals surface area contributed by atoms with Crippen LogP contribution in [-0.2, 0) is 21.3 Å². The van der Waals surface area contributed by atoms with Crippen LogP contribution in [0.2, 0.25) is 10.1 Å². The van der Waals surface area contributed by atoms with Crippen LogP contribution >= 0.6 is 11.6 Å². The van der Waals surface area contributed by atoms with Gasteiger partial charge in [0.1, 0.15) is 5.60 Å². The number of carbonyl (C=O) groups excluding carboxylic acids is 1. The molecular weight excluding hydrogens is 378 g/mol. The molecule has 0 saturated carbocycles. The smallest absolute Gasteiger partial charge is 0.410 e. The molecule has 1 aromatic carbocycles. The Hall–Kier alpha value is -1.04. The van der Waals surface area contributed by atoms with Gasteiger partial charge in [-0.25, -0.2) is 4.79 Å². The number of rotatable bonds is 6. The highest BCUT2D eigenvalue weighted by Gasteiger charge is 2.27. The van der Waals surface area contributed by atoms with Crippen molar-refractivity contribution in [2.45, 2.75) is 85.1 Å². The van der Waals surface area contributed by atoms with E-state index in [1.54, 1.807) is 4.90 Å². The monoisotopic (exact) mass is 413 g/mol. The fourth-order valence-electron chi connectivity index (χ4n) is 2.46. The van der Waals surface area contributed by atoms with Crippen molar-refractivity contribution in [3.8, 4) is 0 Å². The van der Waals surface area contributed by atoms with E-state index < -0.39 is 21.0 Å². The predicted molar refractivity (Wildman–Crippen MR) is 116 cm³/mol. The SMILES string of the molecule is CCN(Cc1ccc(Cl)c(C(C)(C)O[SiH2]C(C)(C)C)c1)C(=O)OC(C)(C)C. The lowest BCUT2D eigenvalue weighted by atomic mass is 9.96. The summed E-state index contributed by atoms with van der Waals surface area (Å²) in [6.45, 7) is 19.3. The summed E-state index contributed by atoms with van der Waals surface area (Å²) in [6.07, 6.45) is -0.308. The Balaban J connectivity index is 3.01. The highest BCUT2D eigenvalue weighted by molar-refractivity contribution is 6.32. The number of hydrogen-bond donors (Lipinski definition) is 0. The van der Waals surface area contributed by atoms with Crippen molar-refractivity contribution in [2.24, 2.45) is 0 Å². The molecule has 0 aliphatic carbocycles. The zero-order valence-corrected chi connectivity index (χ0v) is 20.6. The van der Waals surface area contributed by atoms with Gasteiger partial charge in [-0.1, -0.05) is 38.4 Å². The van der Waals surface area contributed by atoms with E-state index >= 15 is 0 Å². The Morgan fingerprint density at radius 2 is 1.70 bits per heavy atom. The molecule has 0 N–H and O–H groups in total. The minimum absolute atomic E-state index is 0.205. The van der Waals surface area contributed by atoms with Crippen LogP contribution in [-0.4, -0.2) is 32.9 Å². The molecule has 0 aliphatic heterocycles. The summed E-state index contributed by atoms with van der Waals surface area (Å²) in [7, 11) is -0.729. The van der Waals surface area contributed by atoms with Gasteiger partial charge in [-0.05, 0) is 64.3 Å². The van der Waals surface area contributed by atoms with Crippen LogP contribution in [0, 0.1) is 0 Å². The number of amides is 1. The first-order valence-corrected chi connectivity index (χ1v) is 11.2. The van der Waals surface area contributed by atoms with Crippen molar-refractivity contribution < 1.29 is 14.0 Å². The topological polar surface area (TPSA) is 38.8 Å². The molecule has 1 amide bonds. The summed E-state index contributed by atoms with van der Waals surface area (Å²) in [4.78, 5) is 14.1. The van der Waals surface area contributed by atoms with Gasteiger partial charge in [0.05, 0.1) is 5.60 Å². The van der Waals surface area contributed by atoms with Gasteiger partial charge in [-0.3, -0.25) is 0 Å². The minimum atomic E-state index is -0.729. The second-order valence-electron chi connectivity index (χ2n) is 9.67. The molecule has 0 unspecified atom stereocenters. The number of halogens is 1. The average Bonchev–Trinajstić information content (AvgIpc) is 2.49. The molecule has 0 saturated heterocycles. The molecule has 1 aromatic rings. The normalized spacial score (nSPS) is 13.3. The molecule has 0 heterocycles. The maximum atomic E-state index is 12.4. The molecular formula is C21H36ClNO3Si. The Kier molecular flexibility index (Phi) is 7.97. The van der Waals surface area contributed by atoms with Crippen LogP contribution in [0.5, 0.6) is 0 Å². The van der Waals surface area contributed by atoms with Crippen molar-refractivity contribution in [2.75, 3.05) is 6.54 Å². The van der Waals surface area contributed by atoms with Gasteiger partial charge in [0.25, 0.3) is 0 Å². The molecule has 27 heavy (non-hydrogen) atoms. The molecule has 0 radical (unpaired) electrons. The number of hydrogen-bond acceptors (Lipinski definition) is 3. The Labute approximate surface area is 172 Å². The van der Waals surface area contributed by atoms with Gasteiger partial charge < -0.3 is 14.1 Å². The van der Waals surface area contributed by atoms with Gasteiger partial charge in [0, 0.05) is 23.7 Å². The predicted octanol–water partition coefficient (Wildman–Crippen LogP) is 5.65. The summed E-state index contributed by atoms with van der Waals surface area (Å²) in [5.41, 5.74) is 0.994. The van der Waals surface area contributed by atoms with Gasteiger partial charge in [-0.15, -0.1) is 0 Å². The van der Waals surface area contributed by atoms with E-state index in [9.17, 15) is 4.79 Å². The van der Waals surface area contributed by atoms with Crippen molar-refractivity contribution in [1.82, 2.24) is 4.90 Å². The van der Waals surface area contributed by atoms with E-state index in [2.05, 4.69) is 34.6 Å². The van der Waals surface area contributed by atoms with Crippen LogP contribution in [0.1, 0.15) is 73.4 Å².